The number of nitrogens with zero attached hydrogens (tertiary/aromatic N) is 1. The third kappa shape index (κ3) is 5.24. The maximum Gasteiger partial charge on any atom is 0.573 e. The minimum Gasteiger partial charge on any atom is -0.438 e. The van der Waals surface area contributed by atoms with E-state index in [4.69, 9.17) is 9.88 Å². The van der Waals surface area contributed by atoms with Crippen LogP contribution >= 0.6 is 0 Å². The molecule has 0 atom stereocenters. The number of rotatable bonds is 5. The Hall–Kier alpha value is -3.11. The highest BCUT2D eigenvalue weighted by Gasteiger charge is 2.31. The molecule has 3 aromatic rings. The van der Waals surface area contributed by atoms with Gasteiger partial charge in [0.1, 0.15) is 11.5 Å². The number of sulfonamides is 1. The topological polar surface area (TPSA) is 91.5 Å². The summed E-state index contributed by atoms with van der Waals surface area (Å²) in [6, 6.07) is 12.8. The highest BCUT2D eigenvalue weighted by molar-refractivity contribution is 7.89. The molecule has 0 bridgehead atoms. The SMILES string of the molecule is Cc1ccc(-c2cccnc2Oc2ccc(OC(F)(F)F)cc2)cc1S(N)(=O)=O. The molecule has 0 spiro atoms. The fourth-order valence-electron chi connectivity index (χ4n) is 2.59. The van der Waals surface area contributed by atoms with Gasteiger partial charge < -0.3 is 9.47 Å². The molecule has 1 aromatic heterocycles. The average molecular weight is 424 g/mol. The van der Waals surface area contributed by atoms with Crippen LogP contribution in [0.25, 0.3) is 11.1 Å². The molecule has 0 saturated carbocycles. The number of pyridine rings is 1. The van der Waals surface area contributed by atoms with Gasteiger partial charge in [-0.05, 0) is 60.5 Å². The standard InChI is InChI=1S/C19H15F3N2O4S/c1-12-4-5-13(11-17(12)29(23,25)26)16-3-2-10-24-18(16)27-14-6-8-15(9-7-14)28-19(20,21)22/h2-11H,1H3,(H2,23,25,26). The summed E-state index contributed by atoms with van der Waals surface area (Å²) in [4.78, 5) is 4.10. The fourth-order valence-corrected chi connectivity index (χ4v) is 3.40. The number of benzene rings is 2. The Morgan fingerprint density at radius 1 is 1.00 bits per heavy atom. The Bertz CT molecular complexity index is 1130. The number of hydrogen-bond acceptors (Lipinski definition) is 5. The van der Waals surface area contributed by atoms with Crippen LogP contribution in [0.1, 0.15) is 5.56 Å². The van der Waals surface area contributed by atoms with Crippen LogP contribution in [0.2, 0.25) is 0 Å². The van der Waals surface area contributed by atoms with E-state index in [0.717, 1.165) is 12.1 Å². The summed E-state index contributed by atoms with van der Waals surface area (Å²) in [7, 11) is -3.92. The van der Waals surface area contributed by atoms with Gasteiger partial charge in [-0.2, -0.15) is 0 Å². The van der Waals surface area contributed by atoms with Gasteiger partial charge in [0.05, 0.1) is 4.90 Å². The van der Waals surface area contributed by atoms with Crippen LogP contribution in [0.5, 0.6) is 17.4 Å². The van der Waals surface area contributed by atoms with E-state index in [-0.39, 0.29) is 22.3 Å². The fraction of sp³-hybridized carbons (Fsp3) is 0.105. The van der Waals surface area contributed by atoms with Gasteiger partial charge in [0, 0.05) is 11.8 Å². The van der Waals surface area contributed by atoms with E-state index < -0.39 is 16.4 Å². The van der Waals surface area contributed by atoms with Gasteiger partial charge in [0.25, 0.3) is 0 Å². The second-order valence-electron chi connectivity index (χ2n) is 6.00. The van der Waals surface area contributed by atoms with Gasteiger partial charge in [-0.25, -0.2) is 18.5 Å². The van der Waals surface area contributed by atoms with Crippen molar-refractivity contribution in [2.24, 2.45) is 5.14 Å². The molecule has 1 heterocycles. The number of aryl methyl sites for hydroxylation is 1. The third-order valence-corrected chi connectivity index (χ3v) is 4.90. The van der Waals surface area contributed by atoms with Crippen molar-refractivity contribution in [2.45, 2.75) is 18.2 Å². The van der Waals surface area contributed by atoms with Crippen LogP contribution in [0.15, 0.2) is 65.7 Å². The first-order valence-electron chi connectivity index (χ1n) is 8.15. The molecule has 0 radical (unpaired) electrons. The van der Waals surface area contributed by atoms with Crippen molar-refractivity contribution in [2.75, 3.05) is 0 Å². The van der Waals surface area contributed by atoms with Crippen molar-refractivity contribution in [1.82, 2.24) is 4.98 Å². The first-order chi connectivity index (χ1) is 13.5. The van der Waals surface area contributed by atoms with E-state index in [1.54, 1.807) is 31.2 Å². The van der Waals surface area contributed by atoms with Crippen LogP contribution in [-0.4, -0.2) is 19.8 Å². The molecule has 2 N–H and O–H groups in total. The zero-order valence-corrected chi connectivity index (χ0v) is 15.8. The quantitative estimate of drug-likeness (QED) is 0.656. The number of hydrogen-bond donors (Lipinski definition) is 1. The second kappa shape index (κ2) is 7.72. The maximum absolute atomic E-state index is 12.3. The largest absolute Gasteiger partial charge is 0.573 e. The normalized spacial score (nSPS) is 11.9. The third-order valence-electron chi connectivity index (χ3n) is 3.85. The van der Waals surface area contributed by atoms with Crippen molar-refractivity contribution in [3.63, 3.8) is 0 Å². The van der Waals surface area contributed by atoms with Gasteiger partial charge in [-0.15, -0.1) is 13.2 Å². The molecule has 3 rings (SSSR count). The van der Waals surface area contributed by atoms with Crippen LogP contribution in [0.3, 0.4) is 0 Å². The van der Waals surface area contributed by atoms with E-state index in [1.807, 2.05) is 0 Å². The smallest absolute Gasteiger partial charge is 0.438 e. The number of primary sulfonamides is 1. The molecular formula is C19H15F3N2O4S. The molecular weight excluding hydrogens is 409 g/mol. The monoisotopic (exact) mass is 424 g/mol. The lowest BCUT2D eigenvalue weighted by Crippen LogP contribution is -2.16. The summed E-state index contributed by atoms with van der Waals surface area (Å²) < 4.78 is 69.8. The lowest BCUT2D eigenvalue weighted by molar-refractivity contribution is -0.274. The molecule has 0 aliphatic rings. The number of halogens is 3. The molecule has 152 valence electrons. The van der Waals surface area contributed by atoms with E-state index in [2.05, 4.69) is 9.72 Å². The van der Waals surface area contributed by atoms with Crippen LogP contribution in [-0.2, 0) is 10.0 Å². The zero-order valence-electron chi connectivity index (χ0n) is 15.0. The number of nitrogens with two attached hydrogens (primary N) is 1. The Kier molecular flexibility index (Phi) is 5.49. The lowest BCUT2D eigenvalue weighted by atomic mass is 10.1. The van der Waals surface area contributed by atoms with E-state index in [0.29, 0.717) is 16.7 Å². The predicted molar refractivity (Wildman–Crippen MR) is 99.0 cm³/mol. The Balaban J connectivity index is 1.93. The van der Waals surface area contributed by atoms with Crippen LogP contribution in [0, 0.1) is 6.92 Å². The molecule has 0 aliphatic carbocycles. The summed E-state index contributed by atoms with van der Waals surface area (Å²) >= 11 is 0. The number of ether oxygens (including phenoxy) is 2. The lowest BCUT2D eigenvalue weighted by Gasteiger charge is -2.13. The van der Waals surface area contributed by atoms with Gasteiger partial charge in [-0.1, -0.05) is 12.1 Å². The van der Waals surface area contributed by atoms with Crippen molar-refractivity contribution in [3.8, 4) is 28.5 Å². The minimum atomic E-state index is -4.79. The number of alkyl halides is 3. The highest BCUT2D eigenvalue weighted by Crippen LogP contribution is 2.34. The average Bonchev–Trinajstić information content (AvgIpc) is 2.62. The Labute approximate surface area is 164 Å². The van der Waals surface area contributed by atoms with Gasteiger partial charge in [-0.3, -0.25) is 0 Å². The first-order valence-corrected chi connectivity index (χ1v) is 9.70. The Morgan fingerprint density at radius 2 is 1.66 bits per heavy atom. The molecule has 0 aliphatic heterocycles. The molecule has 29 heavy (non-hydrogen) atoms. The summed E-state index contributed by atoms with van der Waals surface area (Å²) in [6.45, 7) is 1.62. The summed E-state index contributed by atoms with van der Waals surface area (Å²) in [6.07, 6.45) is -3.32. The molecule has 0 amide bonds. The maximum atomic E-state index is 12.3. The van der Waals surface area contributed by atoms with Crippen molar-refractivity contribution >= 4 is 10.0 Å². The van der Waals surface area contributed by atoms with Gasteiger partial charge in [0.15, 0.2) is 0 Å². The zero-order chi connectivity index (χ0) is 21.2. The minimum absolute atomic E-state index is 0.0292. The summed E-state index contributed by atoms with van der Waals surface area (Å²) in [5.74, 6) is -0.0260. The van der Waals surface area contributed by atoms with Crippen LogP contribution < -0.4 is 14.6 Å². The Morgan fingerprint density at radius 3 is 2.28 bits per heavy atom. The van der Waals surface area contributed by atoms with Crippen molar-refractivity contribution < 1.29 is 31.1 Å². The van der Waals surface area contributed by atoms with Crippen molar-refractivity contribution in [3.05, 3.63) is 66.4 Å². The van der Waals surface area contributed by atoms with E-state index in [1.165, 1.54) is 24.4 Å². The predicted octanol–water partition coefficient (Wildman–Crippen LogP) is 4.40. The van der Waals surface area contributed by atoms with E-state index in [9.17, 15) is 21.6 Å². The summed E-state index contributed by atoms with van der Waals surface area (Å²) in [5.41, 5.74) is 1.47. The molecule has 6 nitrogen and oxygen atoms in total. The highest BCUT2D eigenvalue weighted by atomic mass is 32.2. The molecule has 0 saturated heterocycles. The van der Waals surface area contributed by atoms with Crippen LogP contribution in [0.4, 0.5) is 13.2 Å². The van der Waals surface area contributed by atoms with Gasteiger partial charge >= 0.3 is 6.36 Å². The molecule has 10 heteroatoms. The molecule has 0 unspecified atom stereocenters. The molecule has 0 fully saturated rings. The first kappa shape index (κ1) is 20.6. The second-order valence-corrected chi connectivity index (χ2v) is 7.53. The number of aromatic nitrogens is 1. The molecule has 2 aromatic carbocycles. The van der Waals surface area contributed by atoms with E-state index >= 15 is 0 Å². The summed E-state index contributed by atoms with van der Waals surface area (Å²) in [5, 5.41) is 5.26. The van der Waals surface area contributed by atoms with Crippen molar-refractivity contribution in [1.29, 1.82) is 0 Å². The van der Waals surface area contributed by atoms with Gasteiger partial charge in [0.2, 0.25) is 15.9 Å².